The summed E-state index contributed by atoms with van der Waals surface area (Å²) in [6.45, 7) is 1.61. The number of methoxy groups -OCH3 is 3. The second-order valence-electron chi connectivity index (χ2n) is 9.98. The zero-order valence-electron chi connectivity index (χ0n) is 26.5. The number of urea groups is 1. The largest absolute Gasteiger partial charge is 1.00 e. The van der Waals surface area contributed by atoms with E-state index < -0.39 is 17.9 Å². The number of hydrogen-bond donors (Lipinski definition) is 2. The number of carboxylic acid groups (broad SMARTS) is 1. The van der Waals surface area contributed by atoms with Crippen LogP contribution in [0.15, 0.2) is 60.7 Å². The molecular weight excluding hydrogens is 591 g/mol. The summed E-state index contributed by atoms with van der Waals surface area (Å²) in [4.78, 5) is 52.6. The van der Waals surface area contributed by atoms with Crippen LogP contribution in [0.25, 0.3) is 0 Å². The second kappa shape index (κ2) is 17.9. The fourth-order valence-corrected chi connectivity index (χ4v) is 4.36. The van der Waals surface area contributed by atoms with Gasteiger partial charge in [0.15, 0.2) is 11.5 Å². The van der Waals surface area contributed by atoms with Gasteiger partial charge in [0.2, 0.25) is 11.8 Å². The van der Waals surface area contributed by atoms with Gasteiger partial charge in [0.1, 0.15) is 5.75 Å². The fourth-order valence-electron chi connectivity index (χ4n) is 4.36. The number of anilines is 2. The van der Waals surface area contributed by atoms with Gasteiger partial charge in [-0.2, -0.15) is 0 Å². The molecule has 3 aromatic rings. The predicted molar refractivity (Wildman–Crippen MR) is 163 cm³/mol. The smallest absolute Gasteiger partial charge is 0.550 e. The normalized spacial score (nSPS) is 10.2. The first-order chi connectivity index (χ1) is 21.0. The van der Waals surface area contributed by atoms with Crippen LogP contribution in [-0.2, 0) is 27.3 Å². The third-order valence-corrected chi connectivity index (χ3v) is 6.82. The van der Waals surface area contributed by atoms with E-state index in [0.29, 0.717) is 39.8 Å². The van der Waals surface area contributed by atoms with Crippen molar-refractivity contribution in [2.24, 2.45) is 0 Å². The molecule has 0 aliphatic heterocycles. The SMILES string of the molecule is COc1cc(CC(=O)N(C)CC(=O)N(CCC(=O)[O-])Cc2ccc(OC)c(OC)c2)ccc1NC(=O)Nc1ccccc1C.[Na+]. The number of hydrogen-bond acceptors (Lipinski definition) is 8. The molecule has 0 radical (unpaired) electrons. The van der Waals surface area contributed by atoms with Crippen molar-refractivity contribution >= 4 is 35.2 Å². The van der Waals surface area contributed by atoms with Gasteiger partial charge in [-0.05, 0) is 53.9 Å². The molecule has 0 fully saturated rings. The van der Waals surface area contributed by atoms with E-state index in [2.05, 4.69) is 10.6 Å². The van der Waals surface area contributed by atoms with Crippen LogP contribution in [0.3, 0.4) is 0 Å². The van der Waals surface area contributed by atoms with Crippen LogP contribution in [0.1, 0.15) is 23.1 Å². The van der Waals surface area contributed by atoms with E-state index in [4.69, 9.17) is 14.2 Å². The summed E-state index contributed by atoms with van der Waals surface area (Å²) < 4.78 is 16.0. The number of carboxylic acids is 1. The Morgan fingerprint density at radius 3 is 2.04 bits per heavy atom. The molecule has 2 N–H and O–H groups in total. The van der Waals surface area contributed by atoms with Crippen LogP contribution < -0.4 is 59.5 Å². The molecule has 13 heteroatoms. The van der Waals surface area contributed by atoms with Gasteiger partial charge in [-0.25, -0.2) is 4.79 Å². The Kier molecular flexibility index (Phi) is 14.7. The number of amides is 4. The van der Waals surface area contributed by atoms with Gasteiger partial charge >= 0.3 is 35.6 Å². The summed E-state index contributed by atoms with van der Waals surface area (Å²) in [5.41, 5.74) is 3.30. The minimum absolute atomic E-state index is 0. The van der Waals surface area contributed by atoms with Gasteiger partial charge in [-0.15, -0.1) is 0 Å². The van der Waals surface area contributed by atoms with Gasteiger partial charge in [0, 0.05) is 38.2 Å². The van der Waals surface area contributed by atoms with Crippen molar-refractivity contribution in [2.75, 3.05) is 52.1 Å². The van der Waals surface area contributed by atoms with Crippen LogP contribution in [0.5, 0.6) is 17.2 Å². The van der Waals surface area contributed by atoms with E-state index in [1.54, 1.807) is 42.5 Å². The summed E-state index contributed by atoms with van der Waals surface area (Å²) in [6, 6.07) is 17.0. The van der Waals surface area contributed by atoms with Gasteiger partial charge in [0.25, 0.3) is 0 Å². The third-order valence-electron chi connectivity index (χ3n) is 6.82. The molecule has 0 aliphatic rings. The minimum Gasteiger partial charge on any atom is -0.550 e. The number of ether oxygens (including phenoxy) is 3. The summed E-state index contributed by atoms with van der Waals surface area (Å²) in [7, 11) is 5.95. The Morgan fingerprint density at radius 1 is 0.778 bits per heavy atom. The van der Waals surface area contributed by atoms with Crippen LogP contribution in [0, 0.1) is 6.92 Å². The van der Waals surface area contributed by atoms with Crippen molar-refractivity contribution in [3.8, 4) is 17.2 Å². The minimum atomic E-state index is -1.29. The molecule has 0 aromatic heterocycles. The van der Waals surface area contributed by atoms with Crippen molar-refractivity contribution in [3.63, 3.8) is 0 Å². The number of aliphatic carboxylic acids is 1. The molecule has 234 valence electrons. The Hall–Kier alpha value is -4.26. The molecular formula is C32H37N4NaO8. The Bertz CT molecular complexity index is 1500. The molecule has 0 saturated heterocycles. The number of benzene rings is 3. The number of carbonyl (C=O) groups excluding carboxylic acids is 4. The van der Waals surface area contributed by atoms with Crippen LogP contribution in [-0.4, -0.2) is 75.1 Å². The molecule has 0 bridgehead atoms. The topological polar surface area (TPSA) is 150 Å². The maximum Gasteiger partial charge on any atom is 1.00 e. The maximum absolute atomic E-state index is 13.2. The number of carbonyl (C=O) groups is 4. The fraction of sp³-hybridized carbons (Fsp3) is 0.312. The number of para-hydroxylation sites is 1. The van der Waals surface area contributed by atoms with Crippen molar-refractivity contribution in [2.45, 2.75) is 26.3 Å². The molecule has 3 rings (SSSR count). The van der Waals surface area contributed by atoms with Crippen molar-refractivity contribution in [3.05, 3.63) is 77.4 Å². The van der Waals surface area contributed by atoms with Gasteiger partial charge < -0.3 is 44.5 Å². The first-order valence-corrected chi connectivity index (χ1v) is 13.8. The van der Waals surface area contributed by atoms with Crippen LogP contribution in [0.4, 0.5) is 16.2 Å². The Labute approximate surface area is 284 Å². The molecule has 0 spiro atoms. The van der Waals surface area contributed by atoms with E-state index in [0.717, 1.165) is 5.56 Å². The maximum atomic E-state index is 13.2. The molecule has 0 heterocycles. The number of aryl methyl sites for hydroxylation is 1. The van der Waals surface area contributed by atoms with Crippen LogP contribution in [0.2, 0.25) is 0 Å². The number of likely N-dealkylation sites (N-methyl/N-ethyl adjacent to an activating group) is 1. The Morgan fingerprint density at radius 2 is 1.40 bits per heavy atom. The van der Waals surface area contributed by atoms with Crippen molar-refractivity contribution in [1.82, 2.24) is 9.80 Å². The first-order valence-electron chi connectivity index (χ1n) is 13.8. The molecule has 45 heavy (non-hydrogen) atoms. The first kappa shape index (κ1) is 36.9. The van der Waals surface area contributed by atoms with Gasteiger partial charge in [0.05, 0.1) is 40.0 Å². The standard InChI is InChI=1S/C32H38N4O8.Na/c1-21-8-6-7-9-24(21)33-32(41)34-25-12-10-22(16-27(25)43-4)18-29(37)35(2)20-30(38)36(15-14-31(39)40)19-23-11-13-26(42-3)28(17-23)44-5;/h6-13,16-17H,14-15,18-20H2,1-5H3,(H,39,40)(H2,33,34,41);/q;+1/p-1. The van der Waals surface area contributed by atoms with E-state index in [1.165, 1.54) is 38.2 Å². The van der Waals surface area contributed by atoms with E-state index in [9.17, 15) is 24.3 Å². The molecule has 0 unspecified atom stereocenters. The van der Waals surface area contributed by atoms with Gasteiger partial charge in [-0.3, -0.25) is 9.59 Å². The second-order valence-corrected chi connectivity index (χ2v) is 9.98. The third kappa shape index (κ3) is 11.0. The van der Waals surface area contributed by atoms with E-state index in [1.807, 2.05) is 25.1 Å². The summed E-state index contributed by atoms with van der Waals surface area (Å²) in [5.74, 6) is -0.734. The average Bonchev–Trinajstić information content (AvgIpc) is 3.00. The van der Waals surface area contributed by atoms with Crippen molar-refractivity contribution < 1.29 is 68.1 Å². The number of nitrogens with one attached hydrogen (secondary N) is 2. The van der Waals surface area contributed by atoms with Crippen molar-refractivity contribution in [1.29, 1.82) is 0 Å². The molecule has 3 aromatic carbocycles. The molecule has 4 amide bonds. The van der Waals surface area contributed by atoms with E-state index >= 15 is 0 Å². The van der Waals surface area contributed by atoms with Crippen LogP contribution >= 0.6 is 0 Å². The monoisotopic (exact) mass is 628 g/mol. The summed E-state index contributed by atoms with van der Waals surface area (Å²) >= 11 is 0. The average molecular weight is 629 g/mol. The van der Waals surface area contributed by atoms with E-state index in [-0.39, 0.29) is 67.9 Å². The number of nitrogens with zero attached hydrogens (tertiary/aromatic N) is 2. The zero-order valence-corrected chi connectivity index (χ0v) is 28.5. The quantitative estimate of drug-likeness (QED) is 0.234. The zero-order chi connectivity index (χ0) is 32.2. The molecule has 0 atom stereocenters. The number of rotatable bonds is 14. The molecule has 0 saturated carbocycles. The molecule has 12 nitrogen and oxygen atoms in total. The summed E-state index contributed by atoms with van der Waals surface area (Å²) in [5, 5.41) is 16.7. The molecule has 0 aliphatic carbocycles. The summed E-state index contributed by atoms with van der Waals surface area (Å²) in [6.07, 6.45) is -0.398. The Balaban J connectivity index is 0.00000705. The van der Waals surface area contributed by atoms with Gasteiger partial charge in [-0.1, -0.05) is 30.3 Å². The predicted octanol–water partition coefficient (Wildman–Crippen LogP) is -0.161.